The van der Waals surface area contributed by atoms with Gasteiger partial charge in [-0.3, -0.25) is 9.59 Å². The van der Waals surface area contributed by atoms with E-state index < -0.39 is 0 Å². The van der Waals surface area contributed by atoms with Gasteiger partial charge in [0.25, 0.3) is 5.91 Å². The van der Waals surface area contributed by atoms with Crippen molar-refractivity contribution >= 4 is 35.0 Å². The first-order valence-corrected chi connectivity index (χ1v) is 11.8. The number of fused-ring (bicyclic) bond motifs is 1. The fourth-order valence-electron chi connectivity index (χ4n) is 4.68. The Kier molecular flexibility index (Phi) is 7.08. The van der Waals surface area contributed by atoms with E-state index >= 15 is 0 Å². The zero-order chi connectivity index (χ0) is 23.4. The van der Waals surface area contributed by atoms with E-state index in [0.717, 1.165) is 42.9 Å². The molecule has 2 heterocycles. The molecule has 4 rings (SSSR count). The quantitative estimate of drug-likeness (QED) is 0.529. The molecule has 1 aliphatic carbocycles. The van der Waals surface area contributed by atoms with Gasteiger partial charge >= 0.3 is 0 Å². The van der Waals surface area contributed by atoms with Crippen LogP contribution in [0.5, 0.6) is 0 Å². The first kappa shape index (κ1) is 23.0. The third kappa shape index (κ3) is 4.78. The molecule has 1 saturated carbocycles. The molecule has 1 aromatic carbocycles. The topological polar surface area (TPSA) is 116 Å². The van der Waals surface area contributed by atoms with Crippen LogP contribution in [0.3, 0.4) is 0 Å². The number of likely N-dealkylation sites (N-methyl/N-ethyl adjacent to an activating group) is 1. The van der Waals surface area contributed by atoms with Gasteiger partial charge in [0.05, 0.1) is 6.20 Å². The Hall–Kier alpha value is -3.20. The number of nitrogens with zero attached hydrogens (tertiary/aromatic N) is 4. The normalized spacial score (nSPS) is 18.4. The summed E-state index contributed by atoms with van der Waals surface area (Å²) < 4.78 is 0. The molecule has 0 bridgehead atoms. The number of hydrogen-bond acceptors (Lipinski definition) is 7. The molecule has 176 valence electrons. The van der Waals surface area contributed by atoms with E-state index in [9.17, 15) is 9.59 Å². The Morgan fingerprint density at radius 1 is 1.21 bits per heavy atom. The lowest BCUT2D eigenvalue weighted by Gasteiger charge is -2.43. The number of anilines is 4. The molecule has 1 fully saturated rings. The lowest BCUT2D eigenvalue weighted by atomic mass is 10.0. The lowest BCUT2D eigenvalue weighted by Crippen LogP contribution is -2.55. The number of carbonyl (C=O) groups is 2. The summed E-state index contributed by atoms with van der Waals surface area (Å²) in [6.07, 6.45) is 7.72. The van der Waals surface area contributed by atoms with Crippen LogP contribution in [0.4, 0.5) is 23.1 Å². The Bertz CT molecular complexity index is 989. The van der Waals surface area contributed by atoms with Crippen LogP contribution in [-0.4, -0.2) is 54.0 Å². The smallest absolute Gasteiger partial charge is 0.251 e. The van der Waals surface area contributed by atoms with Crippen LogP contribution in [0, 0.1) is 0 Å². The van der Waals surface area contributed by atoms with Crippen molar-refractivity contribution in [2.75, 3.05) is 35.3 Å². The maximum Gasteiger partial charge on any atom is 0.251 e. The van der Waals surface area contributed by atoms with Gasteiger partial charge in [-0.15, -0.1) is 0 Å². The molecule has 0 unspecified atom stereocenters. The van der Waals surface area contributed by atoms with E-state index in [-0.39, 0.29) is 17.9 Å². The molecule has 1 aliphatic heterocycles. The van der Waals surface area contributed by atoms with Gasteiger partial charge < -0.3 is 26.2 Å². The summed E-state index contributed by atoms with van der Waals surface area (Å²) in [4.78, 5) is 38.4. The number of nitrogens with one attached hydrogen (secondary N) is 2. The summed E-state index contributed by atoms with van der Waals surface area (Å²) in [5.74, 6) is 1.26. The molecule has 2 amide bonds. The maximum atomic E-state index is 13.0. The molecule has 2 aromatic rings. The summed E-state index contributed by atoms with van der Waals surface area (Å²) in [6, 6.07) is 7.32. The van der Waals surface area contributed by atoms with E-state index in [0.29, 0.717) is 30.6 Å². The van der Waals surface area contributed by atoms with Gasteiger partial charge in [0.1, 0.15) is 11.7 Å². The Morgan fingerprint density at radius 2 is 1.94 bits per heavy atom. The SMILES string of the molecule is CC[C@@H]1C(=O)N(C)c2cnc(Nc3ccc(C(=O)NCCCN)cc3)nc2N1C1CCCC1. The second-order valence-electron chi connectivity index (χ2n) is 8.67. The van der Waals surface area contributed by atoms with Gasteiger partial charge in [-0.25, -0.2) is 4.98 Å². The highest BCUT2D eigenvalue weighted by atomic mass is 16.2. The summed E-state index contributed by atoms with van der Waals surface area (Å²) in [5.41, 5.74) is 7.58. The van der Waals surface area contributed by atoms with E-state index in [4.69, 9.17) is 10.7 Å². The van der Waals surface area contributed by atoms with Crippen molar-refractivity contribution in [3.05, 3.63) is 36.0 Å². The summed E-state index contributed by atoms with van der Waals surface area (Å²) in [6.45, 7) is 3.16. The zero-order valence-electron chi connectivity index (χ0n) is 19.4. The molecule has 1 aromatic heterocycles. The van der Waals surface area contributed by atoms with Crippen molar-refractivity contribution in [2.45, 2.75) is 57.5 Å². The molecule has 0 spiro atoms. The van der Waals surface area contributed by atoms with Crippen LogP contribution in [0.25, 0.3) is 0 Å². The minimum Gasteiger partial charge on any atom is -0.352 e. The van der Waals surface area contributed by atoms with E-state index in [1.807, 2.05) is 12.1 Å². The minimum absolute atomic E-state index is 0.0986. The molecule has 4 N–H and O–H groups in total. The second-order valence-corrected chi connectivity index (χ2v) is 8.67. The van der Waals surface area contributed by atoms with Gasteiger partial charge in [0, 0.05) is 30.9 Å². The van der Waals surface area contributed by atoms with Crippen molar-refractivity contribution in [3.8, 4) is 0 Å². The number of amides is 2. The molecule has 33 heavy (non-hydrogen) atoms. The molecule has 1 atom stereocenters. The lowest BCUT2D eigenvalue weighted by molar-refractivity contribution is -0.120. The summed E-state index contributed by atoms with van der Waals surface area (Å²) in [5, 5.41) is 6.09. The standard InChI is InChI=1S/C24H33N7O2/c1-3-19-23(33)30(2)20-15-27-24(29-21(20)31(19)18-7-4-5-8-18)28-17-11-9-16(10-12-17)22(32)26-14-6-13-25/h9-12,15,18-19H,3-8,13-14,25H2,1-2H3,(H,26,32)(H,27,28,29)/t19-/m1/s1. The van der Waals surface area contributed by atoms with Crippen molar-refractivity contribution in [3.63, 3.8) is 0 Å². The molecule has 9 heteroatoms. The van der Waals surface area contributed by atoms with Crippen LogP contribution in [-0.2, 0) is 4.79 Å². The van der Waals surface area contributed by atoms with Crippen LogP contribution in [0.1, 0.15) is 55.8 Å². The number of benzene rings is 1. The highest BCUT2D eigenvalue weighted by Gasteiger charge is 2.41. The Labute approximate surface area is 194 Å². The first-order chi connectivity index (χ1) is 16.0. The minimum atomic E-state index is -0.203. The number of carbonyl (C=O) groups excluding carboxylic acids is 2. The van der Waals surface area contributed by atoms with Crippen LogP contribution in [0.2, 0.25) is 0 Å². The summed E-state index contributed by atoms with van der Waals surface area (Å²) in [7, 11) is 1.80. The van der Waals surface area contributed by atoms with Gasteiger partial charge in [-0.05, 0) is 56.5 Å². The molecular formula is C24H33N7O2. The molecule has 0 radical (unpaired) electrons. The Balaban J connectivity index is 1.55. The average molecular weight is 452 g/mol. The van der Waals surface area contributed by atoms with Crippen LogP contribution in [0.15, 0.2) is 30.5 Å². The zero-order valence-corrected chi connectivity index (χ0v) is 19.4. The van der Waals surface area contributed by atoms with Gasteiger partial charge in [0.2, 0.25) is 11.9 Å². The van der Waals surface area contributed by atoms with E-state index in [1.165, 1.54) is 12.8 Å². The predicted octanol–water partition coefficient (Wildman–Crippen LogP) is 2.80. The number of hydrogen-bond donors (Lipinski definition) is 3. The van der Waals surface area contributed by atoms with Crippen LogP contribution < -0.4 is 26.2 Å². The van der Waals surface area contributed by atoms with Crippen molar-refractivity contribution in [1.82, 2.24) is 15.3 Å². The maximum absolute atomic E-state index is 13.0. The fraction of sp³-hybridized carbons (Fsp3) is 0.500. The largest absolute Gasteiger partial charge is 0.352 e. The molecule has 9 nitrogen and oxygen atoms in total. The predicted molar refractivity (Wildman–Crippen MR) is 130 cm³/mol. The highest BCUT2D eigenvalue weighted by Crippen LogP contribution is 2.39. The number of aromatic nitrogens is 2. The fourth-order valence-corrected chi connectivity index (χ4v) is 4.68. The monoisotopic (exact) mass is 451 g/mol. The summed E-state index contributed by atoms with van der Waals surface area (Å²) >= 11 is 0. The molecular weight excluding hydrogens is 418 g/mol. The van der Waals surface area contributed by atoms with E-state index in [2.05, 4.69) is 27.4 Å². The average Bonchev–Trinajstić information content (AvgIpc) is 3.36. The number of nitrogens with two attached hydrogens (primary N) is 1. The molecule has 2 aliphatic rings. The third-order valence-electron chi connectivity index (χ3n) is 6.48. The van der Waals surface area contributed by atoms with Crippen molar-refractivity contribution < 1.29 is 9.59 Å². The second kappa shape index (κ2) is 10.2. The van der Waals surface area contributed by atoms with E-state index in [1.54, 1.807) is 30.3 Å². The first-order valence-electron chi connectivity index (χ1n) is 11.8. The van der Waals surface area contributed by atoms with Crippen molar-refractivity contribution in [2.24, 2.45) is 5.73 Å². The number of rotatable bonds is 8. The Morgan fingerprint density at radius 3 is 2.61 bits per heavy atom. The third-order valence-corrected chi connectivity index (χ3v) is 6.48. The molecule has 0 saturated heterocycles. The highest BCUT2D eigenvalue weighted by molar-refractivity contribution is 6.04. The van der Waals surface area contributed by atoms with Gasteiger partial charge in [-0.2, -0.15) is 4.98 Å². The van der Waals surface area contributed by atoms with Crippen LogP contribution >= 0.6 is 0 Å². The van der Waals surface area contributed by atoms with Gasteiger partial charge in [0.15, 0.2) is 5.82 Å². The van der Waals surface area contributed by atoms with Crippen molar-refractivity contribution in [1.29, 1.82) is 0 Å². The van der Waals surface area contributed by atoms with Gasteiger partial charge in [-0.1, -0.05) is 19.8 Å².